The van der Waals surface area contributed by atoms with Crippen LogP contribution in [-0.4, -0.2) is 35.0 Å². The number of phenols is 1. The number of hydrogen-bond acceptors (Lipinski definition) is 8. The van der Waals surface area contributed by atoms with Gasteiger partial charge >= 0.3 is 0 Å². The van der Waals surface area contributed by atoms with Gasteiger partial charge in [0.05, 0.1) is 12.7 Å². The Balaban J connectivity index is 1.71. The third-order valence-electron chi connectivity index (χ3n) is 7.26. The number of carbonyl (C=O) groups excluding carboxylic acids is 2. The molecule has 3 heterocycles. The Morgan fingerprint density at radius 2 is 2.00 bits per heavy atom. The van der Waals surface area contributed by atoms with Crippen molar-refractivity contribution < 1.29 is 33.3 Å². The quantitative estimate of drug-likeness (QED) is 0.535. The maximum atomic E-state index is 13.7. The molecule has 1 aromatic heterocycles. The van der Waals surface area contributed by atoms with Crippen molar-refractivity contribution in [3.8, 4) is 11.5 Å². The Morgan fingerprint density at radius 1 is 1.26 bits per heavy atom. The van der Waals surface area contributed by atoms with Crippen molar-refractivity contribution in [2.45, 2.75) is 44.0 Å². The Morgan fingerprint density at radius 3 is 2.68 bits per heavy atom. The Kier molecular flexibility index (Phi) is 3.73. The van der Waals surface area contributed by atoms with Gasteiger partial charge in [0, 0.05) is 23.6 Å². The third kappa shape index (κ3) is 2.19. The van der Waals surface area contributed by atoms with Crippen LogP contribution in [0.5, 0.6) is 11.5 Å². The second-order valence-electron chi connectivity index (χ2n) is 9.82. The van der Waals surface area contributed by atoms with E-state index in [0.29, 0.717) is 16.9 Å². The number of benzene rings is 1. The number of ketones is 2. The van der Waals surface area contributed by atoms with Gasteiger partial charge in [0.25, 0.3) is 0 Å². The number of fused-ring (bicyclic) bond motifs is 4. The van der Waals surface area contributed by atoms with E-state index in [9.17, 15) is 19.5 Å². The minimum Gasteiger partial charge on any atom is -0.507 e. The number of ether oxygens (including phenoxy) is 3. The highest BCUT2D eigenvalue weighted by molar-refractivity contribution is 6.20. The lowest BCUT2D eigenvalue weighted by Crippen LogP contribution is -2.52. The van der Waals surface area contributed by atoms with Crippen molar-refractivity contribution in [1.82, 2.24) is 0 Å². The topological polar surface area (TPSA) is 116 Å². The molecule has 0 spiro atoms. The van der Waals surface area contributed by atoms with Crippen molar-refractivity contribution in [3.05, 3.63) is 63.2 Å². The minimum absolute atomic E-state index is 0.0155. The summed E-state index contributed by atoms with van der Waals surface area (Å²) in [6, 6.07) is 1.39. The second kappa shape index (κ2) is 6.07. The van der Waals surface area contributed by atoms with E-state index in [1.807, 2.05) is 19.9 Å². The molecule has 1 aromatic carbocycles. The van der Waals surface area contributed by atoms with E-state index in [1.165, 1.54) is 13.2 Å². The van der Waals surface area contributed by atoms with Gasteiger partial charge in [-0.25, -0.2) is 0 Å². The van der Waals surface area contributed by atoms with E-state index in [2.05, 4.69) is 6.58 Å². The smallest absolute Gasteiger partial charge is 0.233 e. The summed E-state index contributed by atoms with van der Waals surface area (Å²) >= 11 is 0. The molecule has 1 N–H and O–H groups in total. The van der Waals surface area contributed by atoms with Gasteiger partial charge in [0.1, 0.15) is 22.5 Å². The van der Waals surface area contributed by atoms with Gasteiger partial charge < -0.3 is 23.7 Å². The molecule has 0 bridgehead atoms. The third-order valence-corrected chi connectivity index (χ3v) is 7.26. The zero-order valence-corrected chi connectivity index (χ0v) is 19.1. The van der Waals surface area contributed by atoms with Crippen LogP contribution in [0.15, 0.2) is 45.3 Å². The molecule has 8 heteroatoms. The van der Waals surface area contributed by atoms with Gasteiger partial charge in [0.15, 0.2) is 28.1 Å². The predicted octanol–water partition coefficient (Wildman–Crippen LogP) is 3.08. The van der Waals surface area contributed by atoms with Crippen LogP contribution in [0.1, 0.15) is 37.7 Å². The van der Waals surface area contributed by atoms with Gasteiger partial charge in [-0.05, 0) is 39.3 Å². The van der Waals surface area contributed by atoms with Gasteiger partial charge in [-0.1, -0.05) is 12.2 Å². The monoisotopic (exact) mass is 462 g/mol. The van der Waals surface area contributed by atoms with Crippen LogP contribution in [0.4, 0.5) is 0 Å². The highest BCUT2D eigenvalue weighted by atomic mass is 16.7. The molecule has 0 radical (unpaired) electrons. The first-order chi connectivity index (χ1) is 16.0. The molecule has 3 unspecified atom stereocenters. The zero-order valence-electron chi connectivity index (χ0n) is 19.1. The fourth-order valence-corrected chi connectivity index (χ4v) is 5.64. The predicted molar refractivity (Wildman–Crippen MR) is 120 cm³/mol. The number of epoxide rings is 1. The van der Waals surface area contributed by atoms with Crippen LogP contribution in [-0.2, 0) is 31.1 Å². The standard InChI is InChI=1S/C26H22O8/c1-11(2)14-8-13-20(29)19-15(27)9-16-12(6-7-24(3,4)33-16)21(19)32-23(13)26-18(28)10-17(31-5)22(30)25(14,26)34-26/h6-7,9-10,14,27H,1,8H2,2-5H3. The van der Waals surface area contributed by atoms with Crippen molar-refractivity contribution in [2.24, 2.45) is 5.92 Å². The van der Waals surface area contributed by atoms with E-state index in [-0.39, 0.29) is 40.2 Å². The van der Waals surface area contributed by atoms with Crippen molar-refractivity contribution >= 4 is 28.6 Å². The molecule has 34 heavy (non-hydrogen) atoms. The summed E-state index contributed by atoms with van der Waals surface area (Å²) in [6.07, 6.45) is 4.72. The van der Waals surface area contributed by atoms with Crippen LogP contribution in [0.3, 0.4) is 0 Å². The van der Waals surface area contributed by atoms with E-state index in [1.54, 1.807) is 13.0 Å². The van der Waals surface area contributed by atoms with E-state index < -0.39 is 39.7 Å². The first kappa shape index (κ1) is 20.9. The first-order valence-corrected chi connectivity index (χ1v) is 10.9. The lowest BCUT2D eigenvalue weighted by molar-refractivity contribution is -0.128. The number of rotatable bonds is 2. The molecule has 1 fully saturated rings. The fraction of sp³-hybridized carbons (Fsp3) is 0.346. The molecular formula is C26H22O8. The number of hydrogen-bond donors (Lipinski definition) is 1. The Hall–Kier alpha value is -3.65. The number of Topliss-reactive ketones (excluding diaryl/α,β-unsaturated/α-hetero) is 1. The number of phenolic OH excluding ortho intramolecular Hbond substituents is 1. The summed E-state index contributed by atoms with van der Waals surface area (Å²) in [5.41, 5.74) is -3.19. The Bertz CT molecular complexity index is 1500. The van der Waals surface area contributed by atoms with Crippen LogP contribution in [0.25, 0.3) is 17.0 Å². The van der Waals surface area contributed by atoms with Crippen LogP contribution >= 0.6 is 0 Å². The average molecular weight is 462 g/mol. The molecule has 2 aromatic rings. The fourth-order valence-electron chi connectivity index (χ4n) is 5.64. The van der Waals surface area contributed by atoms with E-state index in [4.69, 9.17) is 18.6 Å². The molecule has 174 valence electrons. The number of methoxy groups -OCH3 is 1. The van der Waals surface area contributed by atoms with Crippen molar-refractivity contribution in [3.63, 3.8) is 0 Å². The zero-order chi connectivity index (χ0) is 24.4. The van der Waals surface area contributed by atoms with Crippen LogP contribution in [0.2, 0.25) is 0 Å². The van der Waals surface area contributed by atoms with Crippen LogP contribution in [0, 0.1) is 5.92 Å². The van der Waals surface area contributed by atoms with Crippen molar-refractivity contribution in [2.75, 3.05) is 7.11 Å². The SMILES string of the molecule is C=C(C)C1Cc2c(oc3c4c(cc(O)c3c2=O)OC(C)(C)C=C4)C23OC12C(=O)C(OC)=CC3=O. The molecule has 6 rings (SSSR count). The lowest BCUT2D eigenvalue weighted by atomic mass is 9.63. The minimum atomic E-state index is -1.78. The highest BCUT2D eigenvalue weighted by Crippen LogP contribution is 2.68. The molecule has 0 amide bonds. The molecule has 2 aliphatic heterocycles. The molecule has 8 nitrogen and oxygen atoms in total. The van der Waals surface area contributed by atoms with E-state index in [0.717, 1.165) is 6.08 Å². The Labute approximate surface area is 194 Å². The maximum absolute atomic E-state index is 13.7. The summed E-state index contributed by atoms with van der Waals surface area (Å²) in [4.78, 5) is 40.5. The average Bonchev–Trinajstić information content (AvgIpc) is 3.49. The lowest BCUT2D eigenvalue weighted by Gasteiger charge is -2.34. The number of carbonyl (C=O) groups is 2. The van der Waals surface area contributed by atoms with Gasteiger partial charge in [0.2, 0.25) is 17.2 Å². The van der Waals surface area contributed by atoms with Gasteiger partial charge in [-0.3, -0.25) is 14.4 Å². The highest BCUT2D eigenvalue weighted by Gasteiger charge is 2.87. The maximum Gasteiger partial charge on any atom is 0.233 e. The van der Waals surface area contributed by atoms with Crippen LogP contribution < -0.4 is 10.2 Å². The summed E-state index contributed by atoms with van der Waals surface area (Å²) in [5, 5.41) is 10.7. The molecule has 4 aliphatic rings. The summed E-state index contributed by atoms with van der Waals surface area (Å²) in [5.74, 6) is -1.76. The molecule has 0 saturated carbocycles. The first-order valence-electron chi connectivity index (χ1n) is 10.9. The van der Waals surface area contributed by atoms with Crippen molar-refractivity contribution in [1.29, 1.82) is 0 Å². The normalized spacial score (nSPS) is 29.9. The van der Waals surface area contributed by atoms with E-state index >= 15 is 0 Å². The largest absolute Gasteiger partial charge is 0.507 e. The summed E-state index contributed by atoms with van der Waals surface area (Å²) in [7, 11) is 1.31. The number of aromatic hydroxyl groups is 1. The second-order valence-corrected chi connectivity index (χ2v) is 9.82. The summed E-state index contributed by atoms with van der Waals surface area (Å²) < 4.78 is 23.4. The van der Waals surface area contributed by atoms with Gasteiger partial charge in [-0.2, -0.15) is 0 Å². The molecular weight excluding hydrogens is 440 g/mol. The van der Waals surface area contributed by atoms with Gasteiger partial charge in [-0.15, -0.1) is 0 Å². The summed E-state index contributed by atoms with van der Waals surface area (Å²) in [6.45, 7) is 9.42. The molecule has 1 saturated heterocycles. The molecule has 2 aliphatic carbocycles. The molecule has 3 atom stereocenters.